The van der Waals surface area contributed by atoms with Crippen LogP contribution in [0, 0.1) is 0 Å². The number of methoxy groups -OCH3 is 1. The summed E-state index contributed by atoms with van der Waals surface area (Å²) in [6, 6.07) is 0. The van der Waals surface area contributed by atoms with Crippen LogP contribution in [0.1, 0.15) is 22.3 Å². The summed E-state index contributed by atoms with van der Waals surface area (Å²) in [6.45, 7) is 0. The van der Waals surface area contributed by atoms with Gasteiger partial charge in [0.25, 0.3) is 12.0 Å². The number of ether oxygens (including phenoxy) is 1. The van der Waals surface area contributed by atoms with Crippen molar-refractivity contribution in [1.29, 1.82) is 0 Å². The second kappa shape index (κ2) is 4.07. The zero-order valence-electron chi connectivity index (χ0n) is 7.71. The molecule has 0 aromatic carbocycles. The second-order valence-electron chi connectivity index (χ2n) is 2.65. The Morgan fingerprint density at radius 2 is 2.20 bits per heavy atom. The van der Waals surface area contributed by atoms with E-state index in [1.165, 1.54) is 0 Å². The van der Waals surface area contributed by atoms with E-state index < -0.39 is 34.8 Å². The first-order valence-electron chi connectivity index (χ1n) is 3.86. The maximum absolute atomic E-state index is 12.5. The van der Waals surface area contributed by atoms with Gasteiger partial charge in [-0.2, -0.15) is 0 Å². The quantitative estimate of drug-likeness (QED) is 0.715. The topological polar surface area (TPSA) is 85.2 Å². The molecule has 0 bridgehead atoms. The summed E-state index contributed by atoms with van der Waals surface area (Å²) in [4.78, 5) is 24.1. The van der Waals surface area contributed by atoms with Gasteiger partial charge in [0.15, 0.2) is 0 Å². The number of aromatic amines is 1. The number of hydrogen-bond donors (Lipinski definition) is 2. The van der Waals surface area contributed by atoms with Gasteiger partial charge < -0.3 is 15.5 Å². The number of halogens is 2. The third-order valence-electron chi connectivity index (χ3n) is 1.80. The molecule has 0 fully saturated rings. The Labute approximate surface area is 82.9 Å². The number of pyridine rings is 1. The van der Waals surface area contributed by atoms with Crippen molar-refractivity contribution in [3.63, 3.8) is 0 Å². The third kappa shape index (κ3) is 1.95. The van der Waals surface area contributed by atoms with Crippen molar-refractivity contribution in [1.82, 2.24) is 4.98 Å². The van der Waals surface area contributed by atoms with Crippen molar-refractivity contribution in [2.24, 2.45) is 0 Å². The number of carbonyl (C=O) groups excluding carboxylic acids is 1. The van der Waals surface area contributed by atoms with Crippen molar-refractivity contribution in [2.75, 3.05) is 12.8 Å². The van der Waals surface area contributed by atoms with E-state index in [0.29, 0.717) is 0 Å². The van der Waals surface area contributed by atoms with Gasteiger partial charge in [0.2, 0.25) is 0 Å². The first-order chi connectivity index (χ1) is 6.99. The lowest BCUT2D eigenvalue weighted by Crippen LogP contribution is -2.19. The van der Waals surface area contributed by atoms with Crippen molar-refractivity contribution >= 4 is 11.7 Å². The Balaban J connectivity index is 3.47. The van der Waals surface area contributed by atoms with E-state index in [9.17, 15) is 18.4 Å². The number of aromatic nitrogens is 1. The lowest BCUT2D eigenvalue weighted by atomic mass is 10.1. The van der Waals surface area contributed by atoms with Crippen LogP contribution in [0.2, 0.25) is 0 Å². The first-order valence-corrected chi connectivity index (χ1v) is 3.86. The summed E-state index contributed by atoms with van der Waals surface area (Å²) in [6.07, 6.45) is -2.16. The zero-order valence-corrected chi connectivity index (χ0v) is 7.71. The van der Waals surface area contributed by atoms with E-state index >= 15 is 0 Å². The highest BCUT2D eigenvalue weighted by Crippen LogP contribution is 2.26. The Kier molecular flexibility index (Phi) is 3.03. The molecule has 1 aromatic heterocycles. The number of nitrogens with two attached hydrogens (primary N) is 1. The molecule has 0 aliphatic rings. The molecule has 0 unspecified atom stereocenters. The van der Waals surface area contributed by atoms with E-state index in [1.54, 1.807) is 0 Å². The lowest BCUT2D eigenvalue weighted by molar-refractivity contribution is 0.0589. The standard InChI is InChI=1S/C8H8F2N2O3/c1-15-8(14)3-2-12-7(13)5(11)4(3)6(9)10/h2,6H,11H2,1H3,(H,12,13). The van der Waals surface area contributed by atoms with Crippen LogP contribution >= 0.6 is 0 Å². The molecule has 82 valence electrons. The van der Waals surface area contributed by atoms with E-state index in [2.05, 4.69) is 9.72 Å². The monoisotopic (exact) mass is 218 g/mol. The summed E-state index contributed by atoms with van der Waals surface area (Å²) in [5.41, 5.74) is 2.37. The normalized spacial score (nSPS) is 10.4. The highest BCUT2D eigenvalue weighted by atomic mass is 19.3. The van der Waals surface area contributed by atoms with Gasteiger partial charge in [0.1, 0.15) is 5.69 Å². The van der Waals surface area contributed by atoms with Gasteiger partial charge in [-0.25, -0.2) is 13.6 Å². The molecular formula is C8H8F2N2O3. The van der Waals surface area contributed by atoms with Crippen LogP contribution in [0.25, 0.3) is 0 Å². The predicted molar refractivity (Wildman–Crippen MR) is 47.8 cm³/mol. The molecule has 0 spiro atoms. The molecule has 0 amide bonds. The van der Waals surface area contributed by atoms with Crippen LogP contribution in [0.15, 0.2) is 11.0 Å². The fraction of sp³-hybridized carbons (Fsp3) is 0.250. The molecule has 3 N–H and O–H groups in total. The van der Waals surface area contributed by atoms with Gasteiger partial charge in [-0.15, -0.1) is 0 Å². The van der Waals surface area contributed by atoms with Crippen LogP contribution in [0.4, 0.5) is 14.5 Å². The zero-order chi connectivity index (χ0) is 11.6. The molecule has 0 saturated heterocycles. The number of H-pyrrole nitrogens is 1. The van der Waals surface area contributed by atoms with Gasteiger partial charge >= 0.3 is 5.97 Å². The second-order valence-corrected chi connectivity index (χ2v) is 2.65. The largest absolute Gasteiger partial charge is 0.465 e. The Bertz CT molecular complexity index is 442. The molecule has 0 atom stereocenters. The highest BCUT2D eigenvalue weighted by Gasteiger charge is 2.23. The molecule has 1 aromatic rings. The Morgan fingerprint density at radius 3 is 2.67 bits per heavy atom. The van der Waals surface area contributed by atoms with Crippen molar-refractivity contribution in [3.8, 4) is 0 Å². The third-order valence-corrected chi connectivity index (χ3v) is 1.80. The molecule has 5 nitrogen and oxygen atoms in total. The number of esters is 1. The van der Waals surface area contributed by atoms with E-state index in [0.717, 1.165) is 13.3 Å². The van der Waals surface area contributed by atoms with Gasteiger partial charge in [0.05, 0.1) is 18.2 Å². The number of hydrogen-bond acceptors (Lipinski definition) is 4. The average molecular weight is 218 g/mol. The van der Waals surface area contributed by atoms with Crippen molar-refractivity contribution in [3.05, 3.63) is 27.7 Å². The van der Waals surface area contributed by atoms with Gasteiger partial charge in [-0.05, 0) is 0 Å². The van der Waals surface area contributed by atoms with Crippen LogP contribution in [0.3, 0.4) is 0 Å². The molecule has 0 saturated carbocycles. The van der Waals surface area contributed by atoms with Crippen LogP contribution in [-0.2, 0) is 4.74 Å². The lowest BCUT2D eigenvalue weighted by Gasteiger charge is -2.08. The molecule has 0 radical (unpaired) electrons. The number of anilines is 1. The number of nitrogen functional groups attached to an aromatic ring is 1. The highest BCUT2D eigenvalue weighted by molar-refractivity contribution is 5.92. The average Bonchev–Trinajstić information content (AvgIpc) is 2.20. The fourth-order valence-electron chi connectivity index (χ4n) is 1.07. The molecule has 0 aliphatic heterocycles. The van der Waals surface area contributed by atoms with Crippen molar-refractivity contribution in [2.45, 2.75) is 6.43 Å². The SMILES string of the molecule is COC(=O)c1c[nH]c(=O)c(N)c1C(F)F. The molecule has 1 heterocycles. The van der Waals surface area contributed by atoms with E-state index in [1.807, 2.05) is 0 Å². The van der Waals surface area contributed by atoms with Crippen LogP contribution in [-0.4, -0.2) is 18.1 Å². The van der Waals surface area contributed by atoms with E-state index in [4.69, 9.17) is 5.73 Å². The minimum atomic E-state index is -3.01. The minimum Gasteiger partial charge on any atom is -0.465 e. The van der Waals surface area contributed by atoms with Crippen LogP contribution in [0.5, 0.6) is 0 Å². The molecule has 1 rings (SSSR count). The minimum absolute atomic E-state index is 0.440. The summed E-state index contributed by atoms with van der Waals surface area (Å²) >= 11 is 0. The summed E-state index contributed by atoms with van der Waals surface area (Å²) < 4.78 is 29.3. The molecule has 7 heteroatoms. The summed E-state index contributed by atoms with van der Waals surface area (Å²) in [7, 11) is 1.04. The molecule has 15 heavy (non-hydrogen) atoms. The number of carbonyl (C=O) groups is 1. The summed E-state index contributed by atoms with van der Waals surface area (Å²) in [5, 5.41) is 0. The summed E-state index contributed by atoms with van der Waals surface area (Å²) in [5.74, 6) is -0.978. The Morgan fingerprint density at radius 1 is 1.60 bits per heavy atom. The predicted octanol–water partition coefficient (Wildman–Crippen LogP) is 0.681. The maximum atomic E-state index is 12.5. The number of nitrogens with one attached hydrogen (secondary N) is 1. The van der Waals surface area contributed by atoms with Gasteiger partial charge in [0, 0.05) is 6.20 Å². The maximum Gasteiger partial charge on any atom is 0.339 e. The first kappa shape index (κ1) is 11.2. The Hall–Kier alpha value is -1.92. The van der Waals surface area contributed by atoms with Crippen molar-refractivity contribution < 1.29 is 18.3 Å². The van der Waals surface area contributed by atoms with Gasteiger partial charge in [-0.1, -0.05) is 0 Å². The van der Waals surface area contributed by atoms with Gasteiger partial charge in [-0.3, -0.25) is 4.79 Å². The van der Waals surface area contributed by atoms with E-state index in [-0.39, 0.29) is 0 Å². The molecule has 0 aliphatic carbocycles. The van der Waals surface area contributed by atoms with Crippen LogP contribution < -0.4 is 11.3 Å². The number of rotatable bonds is 2. The number of alkyl halides is 2. The smallest absolute Gasteiger partial charge is 0.339 e. The fourth-order valence-corrected chi connectivity index (χ4v) is 1.07. The molecular weight excluding hydrogens is 210 g/mol.